The molecular weight excluding hydrogens is 249 g/mol. The number of carbonyl (C=O) groups is 1. The number of amides is 1. The third-order valence-corrected chi connectivity index (χ3v) is 2.91. The summed E-state index contributed by atoms with van der Waals surface area (Å²) < 4.78 is 18.3. The molecule has 0 heterocycles. The number of aliphatic hydroxyl groups is 1. The standard InChI is InChI=1S/C14H20FNO3/c1-3-12(6-7-17)16-14(18)10-4-5-13(15)11(8-10)9-19-2/h4-5,8,12,17H,3,6-7,9H2,1-2H3,(H,16,18). The van der Waals surface area contributed by atoms with E-state index in [4.69, 9.17) is 9.84 Å². The third kappa shape index (κ3) is 4.61. The molecule has 106 valence electrons. The number of carbonyl (C=O) groups excluding carboxylic acids is 1. The Bertz CT molecular complexity index is 423. The van der Waals surface area contributed by atoms with E-state index in [0.29, 0.717) is 17.5 Å². The molecule has 0 aliphatic heterocycles. The maximum atomic E-state index is 13.4. The van der Waals surface area contributed by atoms with E-state index < -0.39 is 0 Å². The zero-order valence-electron chi connectivity index (χ0n) is 11.3. The fraction of sp³-hybridized carbons (Fsp3) is 0.500. The molecule has 0 aliphatic carbocycles. The number of benzene rings is 1. The first kappa shape index (κ1) is 15.6. The molecule has 0 bridgehead atoms. The summed E-state index contributed by atoms with van der Waals surface area (Å²) in [4.78, 5) is 12.0. The normalized spacial score (nSPS) is 12.2. The lowest BCUT2D eigenvalue weighted by atomic mass is 10.1. The summed E-state index contributed by atoms with van der Waals surface area (Å²) >= 11 is 0. The molecule has 4 nitrogen and oxygen atoms in total. The van der Waals surface area contributed by atoms with Gasteiger partial charge < -0.3 is 15.2 Å². The molecule has 19 heavy (non-hydrogen) atoms. The minimum atomic E-state index is -0.388. The van der Waals surface area contributed by atoms with E-state index in [-0.39, 0.29) is 31.0 Å². The predicted octanol–water partition coefficient (Wildman–Crippen LogP) is 1.86. The molecule has 0 fully saturated rings. The Morgan fingerprint density at radius 3 is 2.84 bits per heavy atom. The van der Waals surface area contributed by atoms with Gasteiger partial charge in [-0.1, -0.05) is 6.92 Å². The van der Waals surface area contributed by atoms with Crippen molar-refractivity contribution in [2.24, 2.45) is 0 Å². The highest BCUT2D eigenvalue weighted by Crippen LogP contribution is 2.12. The van der Waals surface area contributed by atoms with Gasteiger partial charge >= 0.3 is 0 Å². The molecule has 0 saturated heterocycles. The van der Waals surface area contributed by atoms with Crippen LogP contribution < -0.4 is 5.32 Å². The van der Waals surface area contributed by atoms with Crippen LogP contribution in [0.1, 0.15) is 35.7 Å². The number of aliphatic hydroxyl groups excluding tert-OH is 1. The van der Waals surface area contributed by atoms with Crippen LogP contribution >= 0.6 is 0 Å². The van der Waals surface area contributed by atoms with Crippen LogP contribution in [-0.2, 0) is 11.3 Å². The Hall–Kier alpha value is -1.46. The molecule has 5 heteroatoms. The van der Waals surface area contributed by atoms with Gasteiger partial charge in [0.05, 0.1) is 6.61 Å². The molecule has 1 aromatic carbocycles. The van der Waals surface area contributed by atoms with Gasteiger partial charge in [-0.15, -0.1) is 0 Å². The van der Waals surface area contributed by atoms with Crippen molar-refractivity contribution in [2.45, 2.75) is 32.4 Å². The van der Waals surface area contributed by atoms with Crippen molar-refractivity contribution in [3.8, 4) is 0 Å². The SMILES string of the molecule is CCC(CCO)NC(=O)c1ccc(F)c(COC)c1. The van der Waals surface area contributed by atoms with Crippen LogP contribution in [0.3, 0.4) is 0 Å². The summed E-state index contributed by atoms with van der Waals surface area (Å²) in [6.07, 6.45) is 1.24. The van der Waals surface area contributed by atoms with Crippen LogP contribution in [0.4, 0.5) is 4.39 Å². The highest BCUT2D eigenvalue weighted by molar-refractivity contribution is 5.94. The lowest BCUT2D eigenvalue weighted by Gasteiger charge is -2.16. The fourth-order valence-electron chi connectivity index (χ4n) is 1.79. The van der Waals surface area contributed by atoms with E-state index >= 15 is 0 Å². The van der Waals surface area contributed by atoms with Crippen molar-refractivity contribution in [2.75, 3.05) is 13.7 Å². The van der Waals surface area contributed by atoms with E-state index in [1.54, 1.807) is 0 Å². The molecule has 1 rings (SSSR count). The first-order valence-corrected chi connectivity index (χ1v) is 6.31. The number of rotatable bonds is 7. The van der Waals surface area contributed by atoms with E-state index in [1.807, 2.05) is 6.92 Å². The van der Waals surface area contributed by atoms with Crippen molar-refractivity contribution < 1.29 is 19.0 Å². The predicted molar refractivity (Wildman–Crippen MR) is 70.4 cm³/mol. The topological polar surface area (TPSA) is 58.6 Å². The lowest BCUT2D eigenvalue weighted by molar-refractivity contribution is 0.0928. The minimum absolute atomic E-state index is 0.0249. The molecule has 0 aromatic heterocycles. The first-order valence-electron chi connectivity index (χ1n) is 6.31. The average molecular weight is 269 g/mol. The number of methoxy groups -OCH3 is 1. The van der Waals surface area contributed by atoms with Crippen LogP contribution in [0.2, 0.25) is 0 Å². The summed E-state index contributed by atoms with van der Waals surface area (Å²) in [7, 11) is 1.47. The molecule has 2 N–H and O–H groups in total. The van der Waals surface area contributed by atoms with Crippen LogP contribution in [0.15, 0.2) is 18.2 Å². The van der Waals surface area contributed by atoms with Gasteiger partial charge in [0.1, 0.15) is 5.82 Å². The molecule has 1 amide bonds. The molecule has 1 unspecified atom stereocenters. The Kier molecular flexibility index (Phi) is 6.45. The lowest BCUT2D eigenvalue weighted by Crippen LogP contribution is -2.35. The first-order chi connectivity index (χ1) is 9.12. The maximum absolute atomic E-state index is 13.4. The number of nitrogens with one attached hydrogen (secondary N) is 1. The fourth-order valence-corrected chi connectivity index (χ4v) is 1.79. The van der Waals surface area contributed by atoms with Gasteiger partial charge in [0, 0.05) is 30.9 Å². The third-order valence-electron chi connectivity index (χ3n) is 2.91. The number of hydrogen-bond acceptors (Lipinski definition) is 3. The highest BCUT2D eigenvalue weighted by atomic mass is 19.1. The maximum Gasteiger partial charge on any atom is 0.251 e. The van der Waals surface area contributed by atoms with Crippen LogP contribution in [-0.4, -0.2) is 30.8 Å². The summed E-state index contributed by atoms with van der Waals surface area (Å²) in [5, 5.41) is 11.7. The van der Waals surface area contributed by atoms with Crippen LogP contribution in [0, 0.1) is 5.82 Å². The van der Waals surface area contributed by atoms with Crippen molar-refractivity contribution >= 4 is 5.91 Å². The van der Waals surface area contributed by atoms with Gasteiger partial charge in [0.2, 0.25) is 0 Å². The molecule has 1 aromatic rings. The molecule has 0 radical (unpaired) electrons. The van der Waals surface area contributed by atoms with Gasteiger partial charge in [-0.05, 0) is 31.0 Å². The molecule has 0 saturated carbocycles. The smallest absolute Gasteiger partial charge is 0.251 e. The molecule has 1 atom stereocenters. The van der Waals surface area contributed by atoms with E-state index in [0.717, 1.165) is 6.42 Å². The second-order valence-corrected chi connectivity index (χ2v) is 4.33. The highest BCUT2D eigenvalue weighted by Gasteiger charge is 2.13. The Balaban J connectivity index is 2.78. The van der Waals surface area contributed by atoms with Crippen LogP contribution in [0.5, 0.6) is 0 Å². The molecule has 0 aliphatic rings. The summed E-state index contributed by atoms with van der Waals surface area (Å²) in [6.45, 7) is 2.08. The summed E-state index contributed by atoms with van der Waals surface area (Å²) in [5.41, 5.74) is 0.746. The van der Waals surface area contributed by atoms with Gasteiger partial charge in [-0.25, -0.2) is 4.39 Å². The number of hydrogen-bond donors (Lipinski definition) is 2. The van der Waals surface area contributed by atoms with Gasteiger partial charge in [0.15, 0.2) is 0 Å². The zero-order valence-corrected chi connectivity index (χ0v) is 11.3. The van der Waals surface area contributed by atoms with Crippen molar-refractivity contribution in [1.82, 2.24) is 5.32 Å². The van der Waals surface area contributed by atoms with Gasteiger partial charge in [-0.3, -0.25) is 4.79 Å². The van der Waals surface area contributed by atoms with Crippen molar-refractivity contribution in [1.29, 1.82) is 0 Å². The largest absolute Gasteiger partial charge is 0.396 e. The zero-order chi connectivity index (χ0) is 14.3. The molecule has 0 spiro atoms. The number of halogens is 1. The second-order valence-electron chi connectivity index (χ2n) is 4.33. The number of ether oxygens (including phenoxy) is 1. The average Bonchev–Trinajstić information content (AvgIpc) is 2.40. The monoisotopic (exact) mass is 269 g/mol. The van der Waals surface area contributed by atoms with Crippen LogP contribution in [0.25, 0.3) is 0 Å². The van der Waals surface area contributed by atoms with E-state index in [9.17, 15) is 9.18 Å². The Morgan fingerprint density at radius 2 is 2.26 bits per heavy atom. The Labute approximate surface area is 112 Å². The van der Waals surface area contributed by atoms with Crippen molar-refractivity contribution in [3.05, 3.63) is 35.1 Å². The quantitative estimate of drug-likeness (QED) is 0.794. The minimum Gasteiger partial charge on any atom is -0.396 e. The van der Waals surface area contributed by atoms with Gasteiger partial charge in [0.25, 0.3) is 5.91 Å². The van der Waals surface area contributed by atoms with Crippen molar-refractivity contribution in [3.63, 3.8) is 0 Å². The Morgan fingerprint density at radius 1 is 1.53 bits per heavy atom. The summed E-state index contributed by atoms with van der Waals surface area (Å²) in [5.74, 6) is -0.654. The van der Waals surface area contributed by atoms with E-state index in [1.165, 1.54) is 25.3 Å². The molecular formula is C14H20FNO3. The second kappa shape index (κ2) is 7.86. The summed E-state index contributed by atoms with van der Waals surface area (Å²) in [6, 6.07) is 4.11. The van der Waals surface area contributed by atoms with E-state index in [2.05, 4.69) is 5.32 Å². The van der Waals surface area contributed by atoms with Gasteiger partial charge in [-0.2, -0.15) is 0 Å².